The lowest BCUT2D eigenvalue weighted by Gasteiger charge is -2.07. The molecule has 0 saturated carbocycles. The van der Waals surface area contributed by atoms with Crippen molar-refractivity contribution in [1.29, 1.82) is 0 Å². The lowest BCUT2D eigenvalue weighted by atomic mass is 9.94. The topological polar surface area (TPSA) is 123 Å². The molecule has 0 aliphatic rings. The first-order chi connectivity index (χ1) is 7.86. The largest absolute Gasteiger partial charge is 0.481 e. The normalized spacial score (nSPS) is 9.47. The molecule has 6 nitrogen and oxygen atoms in total. The molecular weight excluding hydrogens is 224 g/mol. The zero-order valence-corrected chi connectivity index (χ0v) is 10.4. The summed E-state index contributed by atoms with van der Waals surface area (Å²) in [4.78, 5) is 31.9. The second-order valence-electron chi connectivity index (χ2n) is 3.64. The van der Waals surface area contributed by atoms with Gasteiger partial charge >= 0.3 is 5.97 Å². The molecule has 0 unspecified atom stereocenters. The number of aliphatic carboxylic acids is 1. The van der Waals surface area contributed by atoms with Crippen LogP contribution in [0.25, 0.3) is 0 Å². The summed E-state index contributed by atoms with van der Waals surface area (Å²) in [5, 5.41) is 8.33. The minimum Gasteiger partial charge on any atom is -0.481 e. The van der Waals surface area contributed by atoms with E-state index in [9.17, 15) is 14.4 Å². The third-order valence-electron chi connectivity index (χ3n) is 2.03. The zero-order chi connectivity index (χ0) is 13.8. The summed E-state index contributed by atoms with van der Waals surface area (Å²) in [6.45, 7) is 3.90. The van der Waals surface area contributed by atoms with Crippen molar-refractivity contribution in [3.63, 3.8) is 0 Å². The number of carbonyl (C=O) groups excluding carboxylic acids is 2. The number of Topliss-reactive ketones (excluding diaryl/α,β-unsaturated/α-hetero) is 2. The summed E-state index contributed by atoms with van der Waals surface area (Å²) >= 11 is 0. The average molecular weight is 246 g/mol. The maximum absolute atomic E-state index is 10.9. The standard InChI is InChI=1S/C9H14O4.C2H8N2/c1-6(10)8(7(2)11)4-3-5-9(12)13;3-1-2-4/h8H,3-5H2,1-2H3,(H,12,13);1-4H2. The van der Waals surface area contributed by atoms with E-state index in [0.717, 1.165) is 0 Å². The lowest BCUT2D eigenvalue weighted by molar-refractivity contribution is -0.138. The number of hydrogen-bond donors (Lipinski definition) is 3. The summed E-state index contributed by atoms with van der Waals surface area (Å²) in [7, 11) is 0. The fourth-order valence-corrected chi connectivity index (χ4v) is 1.15. The quantitative estimate of drug-likeness (QED) is 0.541. The SMILES string of the molecule is CC(=O)C(CCCC(=O)O)C(C)=O.NCCN. The fraction of sp³-hybridized carbons (Fsp3) is 0.727. The number of nitrogens with two attached hydrogens (primary N) is 2. The molecule has 0 heterocycles. The van der Waals surface area contributed by atoms with Crippen molar-refractivity contribution >= 4 is 17.5 Å². The molecule has 0 rings (SSSR count). The molecule has 0 bridgehead atoms. The van der Waals surface area contributed by atoms with Crippen molar-refractivity contribution in [1.82, 2.24) is 0 Å². The van der Waals surface area contributed by atoms with Crippen LogP contribution in [0.5, 0.6) is 0 Å². The molecule has 0 aromatic carbocycles. The highest BCUT2D eigenvalue weighted by atomic mass is 16.4. The molecule has 0 amide bonds. The molecule has 5 N–H and O–H groups in total. The van der Waals surface area contributed by atoms with Gasteiger partial charge in [0.1, 0.15) is 11.6 Å². The number of carboxylic acid groups (broad SMARTS) is 1. The maximum atomic E-state index is 10.9. The van der Waals surface area contributed by atoms with Gasteiger partial charge in [0.2, 0.25) is 0 Å². The van der Waals surface area contributed by atoms with Crippen LogP contribution in [0.4, 0.5) is 0 Å². The molecule has 0 aromatic rings. The van der Waals surface area contributed by atoms with Crippen LogP contribution in [0, 0.1) is 5.92 Å². The molecule has 0 fully saturated rings. The monoisotopic (exact) mass is 246 g/mol. The second-order valence-corrected chi connectivity index (χ2v) is 3.64. The van der Waals surface area contributed by atoms with Crippen molar-refractivity contribution in [3.8, 4) is 0 Å². The Bertz CT molecular complexity index is 238. The van der Waals surface area contributed by atoms with Crippen LogP contribution in [0.2, 0.25) is 0 Å². The Kier molecular flexibility index (Phi) is 12.0. The first-order valence-electron chi connectivity index (χ1n) is 5.49. The fourth-order valence-electron chi connectivity index (χ4n) is 1.15. The number of ketones is 2. The van der Waals surface area contributed by atoms with Crippen LogP contribution in [-0.2, 0) is 14.4 Å². The third-order valence-corrected chi connectivity index (χ3v) is 2.03. The van der Waals surface area contributed by atoms with Crippen LogP contribution in [-0.4, -0.2) is 35.7 Å². The van der Waals surface area contributed by atoms with Crippen LogP contribution in [0.3, 0.4) is 0 Å². The van der Waals surface area contributed by atoms with Crippen molar-refractivity contribution in [2.45, 2.75) is 33.1 Å². The third kappa shape index (κ3) is 12.7. The Morgan fingerprint density at radius 3 is 1.71 bits per heavy atom. The Morgan fingerprint density at radius 1 is 1.06 bits per heavy atom. The highest BCUT2D eigenvalue weighted by molar-refractivity contribution is 6.00. The van der Waals surface area contributed by atoms with Crippen LogP contribution >= 0.6 is 0 Å². The van der Waals surface area contributed by atoms with E-state index in [1.54, 1.807) is 0 Å². The number of carbonyl (C=O) groups is 3. The van der Waals surface area contributed by atoms with Gasteiger partial charge in [-0.1, -0.05) is 0 Å². The molecule has 17 heavy (non-hydrogen) atoms. The molecule has 0 radical (unpaired) electrons. The minimum absolute atomic E-state index is 0.0110. The van der Waals surface area contributed by atoms with E-state index in [4.69, 9.17) is 16.6 Å². The number of hydrogen-bond acceptors (Lipinski definition) is 5. The molecule has 100 valence electrons. The summed E-state index contributed by atoms with van der Waals surface area (Å²) in [6, 6.07) is 0. The molecule has 0 aromatic heterocycles. The van der Waals surface area contributed by atoms with Crippen LogP contribution < -0.4 is 11.5 Å². The van der Waals surface area contributed by atoms with Gasteiger partial charge in [0.25, 0.3) is 0 Å². The Morgan fingerprint density at radius 2 is 1.47 bits per heavy atom. The van der Waals surface area contributed by atoms with E-state index in [2.05, 4.69) is 0 Å². The van der Waals surface area contributed by atoms with E-state index < -0.39 is 11.9 Å². The molecular formula is C11H22N2O4. The molecule has 0 spiro atoms. The van der Waals surface area contributed by atoms with Crippen LogP contribution in [0.1, 0.15) is 33.1 Å². The maximum Gasteiger partial charge on any atom is 0.303 e. The van der Waals surface area contributed by atoms with Gasteiger partial charge < -0.3 is 16.6 Å². The summed E-state index contributed by atoms with van der Waals surface area (Å²) in [6.07, 6.45) is 0.729. The lowest BCUT2D eigenvalue weighted by Crippen LogP contribution is -2.19. The molecule has 0 atom stereocenters. The Hall–Kier alpha value is -1.27. The van der Waals surface area contributed by atoms with Crippen molar-refractivity contribution in [3.05, 3.63) is 0 Å². The summed E-state index contributed by atoms with van der Waals surface area (Å²) in [5.41, 5.74) is 9.81. The predicted octanol–water partition coefficient (Wildman–Crippen LogP) is -0.0607. The van der Waals surface area contributed by atoms with Gasteiger partial charge in [-0.05, 0) is 26.7 Å². The van der Waals surface area contributed by atoms with Crippen molar-refractivity contribution < 1.29 is 19.5 Å². The van der Waals surface area contributed by atoms with Gasteiger partial charge in [-0.15, -0.1) is 0 Å². The van der Waals surface area contributed by atoms with E-state index >= 15 is 0 Å². The molecule has 6 heteroatoms. The summed E-state index contributed by atoms with van der Waals surface area (Å²) < 4.78 is 0. The zero-order valence-electron chi connectivity index (χ0n) is 10.4. The van der Waals surface area contributed by atoms with Crippen LogP contribution in [0.15, 0.2) is 0 Å². The van der Waals surface area contributed by atoms with Gasteiger partial charge in [0.15, 0.2) is 0 Å². The highest BCUT2D eigenvalue weighted by Crippen LogP contribution is 2.10. The highest BCUT2D eigenvalue weighted by Gasteiger charge is 2.18. The molecule has 0 aliphatic heterocycles. The van der Waals surface area contributed by atoms with Crippen molar-refractivity contribution in [2.75, 3.05) is 13.1 Å². The average Bonchev–Trinajstić information content (AvgIpc) is 2.23. The second kappa shape index (κ2) is 11.2. The van der Waals surface area contributed by atoms with E-state index in [0.29, 0.717) is 25.9 Å². The van der Waals surface area contributed by atoms with E-state index in [1.807, 2.05) is 0 Å². The smallest absolute Gasteiger partial charge is 0.303 e. The Balaban J connectivity index is 0. The molecule has 0 aliphatic carbocycles. The van der Waals surface area contributed by atoms with Crippen molar-refractivity contribution in [2.24, 2.45) is 17.4 Å². The van der Waals surface area contributed by atoms with Gasteiger partial charge in [0.05, 0.1) is 5.92 Å². The van der Waals surface area contributed by atoms with Gasteiger partial charge in [0, 0.05) is 19.5 Å². The molecule has 0 saturated heterocycles. The Labute approximate surface area is 101 Å². The van der Waals surface area contributed by atoms with E-state index in [1.165, 1.54) is 13.8 Å². The first-order valence-corrected chi connectivity index (χ1v) is 5.49. The minimum atomic E-state index is -0.897. The number of carboxylic acids is 1. The van der Waals surface area contributed by atoms with E-state index in [-0.39, 0.29) is 18.0 Å². The predicted molar refractivity (Wildman–Crippen MR) is 64.4 cm³/mol. The summed E-state index contributed by atoms with van der Waals surface area (Å²) in [5.74, 6) is -1.87. The van der Waals surface area contributed by atoms with Gasteiger partial charge in [-0.2, -0.15) is 0 Å². The number of rotatable bonds is 7. The van der Waals surface area contributed by atoms with Gasteiger partial charge in [-0.3, -0.25) is 14.4 Å². The first kappa shape index (κ1) is 18.1. The van der Waals surface area contributed by atoms with Gasteiger partial charge in [-0.25, -0.2) is 0 Å².